The predicted octanol–water partition coefficient (Wildman–Crippen LogP) is 3.86. The zero-order valence-electron chi connectivity index (χ0n) is 21.4. The summed E-state index contributed by atoms with van der Waals surface area (Å²) in [6.45, 7) is 2.71. The number of ether oxygens (including phenoxy) is 3. The SMILES string of the molecule is COC(=O)[C@@H](NCCN)C1CCC(Oc2cc3c(Nc4cccc(C)c4F)ncnc3cc2OC)CC1. The number of fused-ring (bicyclic) bond motifs is 1. The fraction of sp³-hybridized carbons (Fsp3) is 0.444. The van der Waals surface area contributed by atoms with Crippen LogP contribution in [-0.2, 0) is 9.53 Å². The number of halogens is 1. The summed E-state index contributed by atoms with van der Waals surface area (Å²) in [5.74, 6) is 1.13. The second kappa shape index (κ2) is 12.2. The van der Waals surface area contributed by atoms with E-state index in [1.807, 2.05) is 6.07 Å². The van der Waals surface area contributed by atoms with Crippen LogP contribution in [0, 0.1) is 18.7 Å². The molecule has 0 saturated heterocycles. The highest BCUT2D eigenvalue weighted by atomic mass is 19.1. The summed E-state index contributed by atoms with van der Waals surface area (Å²) in [5.41, 5.74) is 7.13. The van der Waals surface area contributed by atoms with Gasteiger partial charge in [0.25, 0.3) is 0 Å². The second-order valence-electron chi connectivity index (χ2n) is 9.20. The Labute approximate surface area is 215 Å². The van der Waals surface area contributed by atoms with Crippen molar-refractivity contribution >= 4 is 28.4 Å². The third-order valence-corrected chi connectivity index (χ3v) is 6.81. The van der Waals surface area contributed by atoms with E-state index in [9.17, 15) is 9.18 Å². The first-order valence-corrected chi connectivity index (χ1v) is 12.5. The Morgan fingerprint density at radius 1 is 1.16 bits per heavy atom. The molecular formula is C27H34FN5O4. The molecule has 0 unspecified atom stereocenters. The minimum Gasteiger partial charge on any atom is -0.493 e. The number of nitrogens with one attached hydrogen (secondary N) is 2. The number of rotatable bonds is 10. The maximum Gasteiger partial charge on any atom is 0.323 e. The molecule has 1 aliphatic rings. The maximum absolute atomic E-state index is 14.6. The van der Waals surface area contributed by atoms with Crippen molar-refractivity contribution in [2.75, 3.05) is 32.6 Å². The second-order valence-corrected chi connectivity index (χ2v) is 9.20. The van der Waals surface area contributed by atoms with Gasteiger partial charge >= 0.3 is 5.97 Å². The monoisotopic (exact) mass is 511 g/mol. The standard InChI is InChI=1S/C27H34FN5O4/c1-16-5-4-6-20(24(16)28)33-26-19-13-23(22(35-2)14-21(19)31-15-32-26)37-18-9-7-17(8-10-18)25(27(34)36-3)30-12-11-29/h4-6,13-15,17-18,25,30H,7-12,29H2,1-3H3,(H,31,32,33)/t17?,18?,25-/m0/s1. The Kier molecular flexibility index (Phi) is 8.73. The lowest BCUT2D eigenvalue weighted by Gasteiger charge is -2.33. The van der Waals surface area contributed by atoms with E-state index >= 15 is 0 Å². The number of hydrogen-bond acceptors (Lipinski definition) is 9. The number of nitrogens with zero attached hydrogens (tertiary/aromatic N) is 2. The van der Waals surface area contributed by atoms with Gasteiger partial charge in [-0.3, -0.25) is 4.79 Å². The Balaban J connectivity index is 1.53. The average molecular weight is 512 g/mol. The largest absolute Gasteiger partial charge is 0.493 e. The van der Waals surface area contributed by atoms with Crippen LogP contribution < -0.4 is 25.8 Å². The van der Waals surface area contributed by atoms with Gasteiger partial charge in [-0.25, -0.2) is 14.4 Å². The van der Waals surface area contributed by atoms with E-state index in [0.717, 1.165) is 25.7 Å². The Bertz CT molecular complexity index is 1230. The van der Waals surface area contributed by atoms with E-state index in [4.69, 9.17) is 19.9 Å². The van der Waals surface area contributed by atoms with Crippen molar-refractivity contribution in [2.24, 2.45) is 11.7 Å². The van der Waals surface area contributed by atoms with Crippen LogP contribution in [0.4, 0.5) is 15.9 Å². The van der Waals surface area contributed by atoms with Gasteiger partial charge in [0, 0.05) is 24.5 Å². The molecule has 0 aliphatic heterocycles. The summed E-state index contributed by atoms with van der Waals surface area (Å²) in [6, 6.07) is 8.41. The van der Waals surface area contributed by atoms with Crippen molar-refractivity contribution in [1.29, 1.82) is 0 Å². The Morgan fingerprint density at radius 2 is 1.95 bits per heavy atom. The van der Waals surface area contributed by atoms with Crippen molar-refractivity contribution in [3.05, 3.63) is 48.0 Å². The van der Waals surface area contributed by atoms with Gasteiger partial charge in [-0.1, -0.05) is 12.1 Å². The predicted molar refractivity (Wildman–Crippen MR) is 140 cm³/mol. The minimum atomic E-state index is -0.377. The molecule has 1 aliphatic carbocycles. The summed E-state index contributed by atoms with van der Waals surface area (Å²) < 4.78 is 31.6. The molecule has 3 aromatic rings. The van der Waals surface area contributed by atoms with E-state index in [1.54, 1.807) is 38.3 Å². The number of anilines is 2. The summed E-state index contributed by atoms with van der Waals surface area (Å²) in [7, 11) is 2.98. The smallest absolute Gasteiger partial charge is 0.323 e. The van der Waals surface area contributed by atoms with E-state index < -0.39 is 0 Å². The highest BCUT2D eigenvalue weighted by molar-refractivity contribution is 5.93. The molecule has 1 fully saturated rings. The maximum atomic E-state index is 14.6. The van der Waals surface area contributed by atoms with Crippen LogP contribution in [0.25, 0.3) is 10.9 Å². The zero-order chi connectivity index (χ0) is 26.4. The van der Waals surface area contributed by atoms with Crippen molar-refractivity contribution in [3.8, 4) is 11.5 Å². The van der Waals surface area contributed by atoms with E-state index in [1.165, 1.54) is 13.4 Å². The van der Waals surface area contributed by atoms with Gasteiger partial charge in [0.1, 0.15) is 24.0 Å². The van der Waals surface area contributed by atoms with Crippen molar-refractivity contribution in [3.63, 3.8) is 0 Å². The van der Waals surface area contributed by atoms with E-state index in [2.05, 4.69) is 20.6 Å². The van der Waals surface area contributed by atoms with Crippen molar-refractivity contribution < 1.29 is 23.4 Å². The van der Waals surface area contributed by atoms with Gasteiger partial charge in [0.2, 0.25) is 0 Å². The molecule has 0 spiro atoms. The van der Waals surface area contributed by atoms with Gasteiger partial charge in [-0.15, -0.1) is 0 Å². The van der Waals surface area contributed by atoms with Crippen LogP contribution in [0.15, 0.2) is 36.7 Å². The lowest BCUT2D eigenvalue weighted by Crippen LogP contribution is -2.47. The van der Waals surface area contributed by atoms with Gasteiger partial charge < -0.3 is 30.6 Å². The van der Waals surface area contributed by atoms with Gasteiger partial charge in [0.05, 0.1) is 31.5 Å². The number of benzene rings is 2. The van der Waals surface area contributed by atoms with E-state index in [-0.39, 0.29) is 29.9 Å². The highest BCUT2D eigenvalue weighted by Gasteiger charge is 2.33. The normalized spacial score (nSPS) is 18.3. The Hall–Kier alpha value is -3.50. The van der Waals surface area contributed by atoms with Crippen LogP contribution in [0.2, 0.25) is 0 Å². The lowest BCUT2D eigenvalue weighted by molar-refractivity contribution is -0.145. The molecule has 9 nitrogen and oxygen atoms in total. The molecule has 1 heterocycles. The highest BCUT2D eigenvalue weighted by Crippen LogP contribution is 2.38. The minimum absolute atomic E-state index is 0.0503. The van der Waals surface area contributed by atoms with Crippen molar-refractivity contribution in [1.82, 2.24) is 15.3 Å². The average Bonchev–Trinajstić information content (AvgIpc) is 2.92. The number of aromatic nitrogens is 2. The fourth-order valence-electron chi connectivity index (χ4n) is 4.81. The quantitative estimate of drug-likeness (QED) is 0.349. The summed E-state index contributed by atoms with van der Waals surface area (Å²) in [5, 5.41) is 7.00. The van der Waals surface area contributed by atoms with Crippen LogP contribution in [-0.4, -0.2) is 55.4 Å². The molecule has 37 heavy (non-hydrogen) atoms. The molecule has 0 amide bonds. The van der Waals surface area contributed by atoms with Gasteiger partial charge in [0.15, 0.2) is 11.5 Å². The molecule has 4 rings (SSSR count). The number of esters is 1. The van der Waals surface area contributed by atoms with Crippen LogP contribution in [0.3, 0.4) is 0 Å². The zero-order valence-corrected chi connectivity index (χ0v) is 21.4. The number of carbonyl (C=O) groups is 1. The molecule has 198 valence electrons. The number of hydrogen-bond donors (Lipinski definition) is 3. The lowest BCUT2D eigenvalue weighted by atomic mass is 9.82. The molecule has 4 N–H and O–H groups in total. The van der Waals surface area contributed by atoms with Crippen LogP contribution >= 0.6 is 0 Å². The molecule has 2 aromatic carbocycles. The number of nitrogens with two attached hydrogens (primary N) is 1. The third kappa shape index (κ3) is 6.08. The molecule has 10 heteroatoms. The van der Waals surface area contributed by atoms with Crippen molar-refractivity contribution in [2.45, 2.75) is 44.8 Å². The Morgan fingerprint density at radius 3 is 2.65 bits per heavy atom. The van der Waals surface area contributed by atoms with Crippen LogP contribution in [0.1, 0.15) is 31.2 Å². The first-order valence-electron chi connectivity index (χ1n) is 12.5. The fourth-order valence-corrected chi connectivity index (χ4v) is 4.81. The van der Waals surface area contributed by atoms with E-state index in [0.29, 0.717) is 52.6 Å². The topological polar surface area (TPSA) is 121 Å². The third-order valence-electron chi connectivity index (χ3n) is 6.81. The molecule has 1 aromatic heterocycles. The number of methoxy groups -OCH3 is 2. The number of aryl methyl sites for hydroxylation is 1. The molecule has 0 radical (unpaired) electrons. The first kappa shape index (κ1) is 26.6. The molecule has 1 saturated carbocycles. The van der Waals surface area contributed by atoms with Crippen LogP contribution in [0.5, 0.6) is 11.5 Å². The van der Waals surface area contributed by atoms with Gasteiger partial charge in [-0.2, -0.15) is 0 Å². The molecular weight excluding hydrogens is 477 g/mol. The summed E-state index contributed by atoms with van der Waals surface area (Å²) in [6.07, 6.45) is 4.53. The summed E-state index contributed by atoms with van der Waals surface area (Å²) >= 11 is 0. The van der Waals surface area contributed by atoms with Gasteiger partial charge in [-0.05, 0) is 56.2 Å². The molecule has 0 bridgehead atoms. The molecule has 1 atom stereocenters. The number of carbonyl (C=O) groups excluding carboxylic acids is 1. The summed E-state index contributed by atoms with van der Waals surface area (Å²) in [4.78, 5) is 21.0. The first-order chi connectivity index (χ1) is 17.9.